The van der Waals surface area contributed by atoms with E-state index in [1.54, 1.807) is 17.0 Å². The molecule has 0 spiro atoms. The topological polar surface area (TPSA) is 90.7 Å². The Kier molecular flexibility index (Phi) is 4.85. The minimum atomic E-state index is -3.73. The molecule has 1 aromatic carbocycles. The van der Waals surface area contributed by atoms with Crippen LogP contribution >= 0.6 is 0 Å². The molecule has 2 fully saturated rings. The van der Waals surface area contributed by atoms with Gasteiger partial charge in [0.1, 0.15) is 12.2 Å². The molecule has 128 valence electrons. The number of ether oxygens (including phenoxy) is 1. The first kappa shape index (κ1) is 16.9. The van der Waals surface area contributed by atoms with Crippen molar-refractivity contribution in [1.29, 1.82) is 5.26 Å². The summed E-state index contributed by atoms with van der Waals surface area (Å²) >= 11 is 0. The van der Waals surface area contributed by atoms with Gasteiger partial charge in [0.15, 0.2) is 0 Å². The monoisotopic (exact) mass is 349 g/mol. The van der Waals surface area contributed by atoms with Gasteiger partial charge in [-0.05, 0) is 25.0 Å². The van der Waals surface area contributed by atoms with Gasteiger partial charge in [0.05, 0.1) is 10.5 Å². The first-order valence-electron chi connectivity index (χ1n) is 7.93. The summed E-state index contributed by atoms with van der Waals surface area (Å²) in [7, 11) is -3.73. The van der Waals surface area contributed by atoms with Crippen LogP contribution in [0.15, 0.2) is 29.2 Å². The molecule has 0 saturated carbocycles. The summed E-state index contributed by atoms with van der Waals surface area (Å²) in [5.41, 5.74) is 0.135. The third-order valence-electron chi connectivity index (χ3n) is 4.38. The second-order valence-corrected chi connectivity index (χ2v) is 7.75. The van der Waals surface area contributed by atoms with E-state index in [4.69, 9.17) is 10.00 Å². The predicted octanol–water partition coefficient (Wildman–Crippen LogP) is 0.570. The van der Waals surface area contributed by atoms with Crippen molar-refractivity contribution < 1.29 is 17.9 Å². The number of carbonyl (C=O) groups is 1. The number of carbonyl (C=O) groups excluding carboxylic acids is 1. The quantitative estimate of drug-likeness (QED) is 0.796. The number of piperazine rings is 1. The number of nitriles is 1. The molecule has 24 heavy (non-hydrogen) atoms. The van der Waals surface area contributed by atoms with E-state index in [-0.39, 0.29) is 35.6 Å². The van der Waals surface area contributed by atoms with Gasteiger partial charge in [-0.3, -0.25) is 4.79 Å². The fourth-order valence-corrected chi connectivity index (χ4v) is 4.61. The van der Waals surface area contributed by atoms with Gasteiger partial charge in [0, 0.05) is 32.8 Å². The van der Waals surface area contributed by atoms with Crippen LogP contribution in [0.2, 0.25) is 0 Å². The molecule has 1 amide bonds. The lowest BCUT2D eigenvalue weighted by Gasteiger charge is -2.35. The predicted molar refractivity (Wildman–Crippen MR) is 85.5 cm³/mol. The number of hydrogen-bond donors (Lipinski definition) is 0. The minimum absolute atomic E-state index is 0.0198. The number of benzene rings is 1. The highest BCUT2D eigenvalue weighted by atomic mass is 32.2. The summed E-state index contributed by atoms with van der Waals surface area (Å²) < 4.78 is 32.2. The van der Waals surface area contributed by atoms with Crippen molar-refractivity contribution in [1.82, 2.24) is 9.21 Å². The molecule has 1 atom stereocenters. The zero-order valence-corrected chi connectivity index (χ0v) is 14.0. The van der Waals surface area contributed by atoms with Crippen molar-refractivity contribution in [3.05, 3.63) is 29.8 Å². The number of rotatable bonds is 3. The van der Waals surface area contributed by atoms with Crippen LogP contribution in [-0.4, -0.2) is 62.4 Å². The smallest absolute Gasteiger partial charge is 0.251 e. The van der Waals surface area contributed by atoms with Gasteiger partial charge in [-0.1, -0.05) is 12.1 Å². The fourth-order valence-electron chi connectivity index (χ4n) is 3.05. The Hall–Kier alpha value is -1.95. The second-order valence-electron chi connectivity index (χ2n) is 5.84. The molecule has 0 bridgehead atoms. The minimum Gasteiger partial charge on any atom is -0.368 e. The molecule has 0 aromatic heterocycles. The van der Waals surface area contributed by atoms with Gasteiger partial charge < -0.3 is 9.64 Å². The molecule has 2 aliphatic rings. The van der Waals surface area contributed by atoms with Crippen molar-refractivity contribution in [3.63, 3.8) is 0 Å². The normalized spacial score (nSPS) is 22.3. The molecular weight excluding hydrogens is 330 g/mol. The van der Waals surface area contributed by atoms with Gasteiger partial charge in [-0.25, -0.2) is 8.42 Å². The summed E-state index contributed by atoms with van der Waals surface area (Å²) in [4.78, 5) is 14.0. The Labute approximate surface area is 141 Å². The van der Waals surface area contributed by atoms with Crippen LogP contribution in [-0.2, 0) is 19.6 Å². The summed E-state index contributed by atoms with van der Waals surface area (Å²) in [6, 6.07) is 8.09. The van der Waals surface area contributed by atoms with Crippen LogP contribution in [0.4, 0.5) is 0 Å². The maximum atomic E-state index is 12.7. The molecule has 2 aliphatic heterocycles. The van der Waals surface area contributed by atoms with E-state index in [2.05, 4.69) is 0 Å². The zero-order valence-electron chi connectivity index (χ0n) is 13.2. The molecule has 0 unspecified atom stereocenters. The maximum absolute atomic E-state index is 12.7. The van der Waals surface area contributed by atoms with Crippen LogP contribution in [0, 0.1) is 11.3 Å². The lowest BCUT2D eigenvalue weighted by atomic mass is 10.2. The fraction of sp³-hybridized carbons (Fsp3) is 0.500. The second kappa shape index (κ2) is 6.89. The number of sulfonamides is 1. The van der Waals surface area contributed by atoms with Gasteiger partial charge in [0.2, 0.25) is 10.0 Å². The van der Waals surface area contributed by atoms with Crippen molar-refractivity contribution >= 4 is 15.9 Å². The Balaban J connectivity index is 1.70. The van der Waals surface area contributed by atoms with Crippen molar-refractivity contribution in [3.8, 4) is 6.07 Å². The standard InChI is InChI=1S/C16H19N3O4S/c17-12-13-4-1-2-6-15(13)24(21,22)19-9-7-18(8-10-19)16(20)14-5-3-11-23-14/h1-2,4,6,14H,3,5,7-11H2/t14-/m0/s1. The van der Waals surface area contributed by atoms with Crippen LogP contribution < -0.4 is 0 Å². The molecule has 0 N–H and O–H groups in total. The molecule has 1 aromatic rings. The number of amides is 1. The highest BCUT2D eigenvalue weighted by Gasteiger charge is 2.34. The third-order valence-corrected chi connectivity index (χ3v) is 6.34. The molecule has 2 heterocycles. The summed E-state index contributed by atoms with van der Waals surface area (Å²) in [6.07, 6.45) is 1.23. The van der Waals surface area contributed by atoms with Crippen LogP contribution in [0.5, 0.6) is 0 Å². The summed E-state index contributed by atoms with van der Waals surface area (Å²) in [5.74, 6) is -0.0537. The van der Waals surface area contributed by atoms with Gasteiger partial charge in [-0.2, -0.15) is 9.57 Å². The SMILES string of the molecule is N#Cc1ccccc1S(=O)(=O)N1CCN(C(=O)[C@@H]2CCCO2)CC1. The highest BCUT2D eigenvalue weighted by molar-refractivity contribution is 7.89. The van der Waals surface area contributed by atoms with Crippen molar-refractivity contribution in [2.75, 3.05) is 32.8 Å². The Morgan fingerprint density at radius 1 is 1.21 bits per heavy atom. The Bertz CT molecular complexity index is 758. The molecule has 8 heteroatoms. The van der Waals surface area contributed by atoms with E-state index >= 15 is 0 Å². The van der Waals surface area contributed by atoms with Crippen LogP contribution in [0.25, 0.3) is 0 Å². The van der Waals surface area contributed by atoms with E-state index < -0.39 is 10.0 Å². The van der Waals surface area contributed by atoms with Gasteiger partial charge in [0.25, 0.3) is 5.91 Å². The van der Waals surface area contributed by atoms with Crippen molar-refractivity contribution in [2.45, 2.75) is 23.8 Å². The molecule has 3 rings (SSSR count). The van der Waals surface area contributed by atoms with E-state index in [0.717, 1.165) is 12.8 Å². The van der Waals surface area contributed by atoms with Gasteiger partial charge >= 0.3 is 0 Å². The Morgan fingerprint density at radius 3 is 2.54 bits per heavy atom. The zero-order chi connectivity index (χ0) is 17.2. The molecule has 7 nitrogen and oxygen atoms in total. The van der Waals surface area contributed by atoms with Crippen LogP contribution in [0.1, 0.15) is 18.4 Å². The number of hydrogen-bond acceptors (Lipinski definition) is 5. The number of nitrogens with zero attached hydrogens (tertiary/aromatic N) is 3. The lowest BCUT2D eigenvalue weighted by molar-refractivity contribution is -0.142. The lowest BCUT2D eigenvalue weighted by Crippen LogP contribution is -2.52. The molecule has 0 radical (unpaired) electrons. The average Bonchev–Trinajstić information content (AvgIpc) is 3.15. The average molecular weight is 349 g/mol. The van der Waals surface area contributed by atoms with E-state index in [0.29, 0.717) is 19.7 Å². The van der Waals surface area contributed by atoms with Crippen LogP contribution in [0.3, 0.4) is 0 Å². The maximum Gasteiger partial charge on any atom is 0.251 e. The van der Waals surface area contributed by atoms with E-state index in [9.17, 15) is 13.2 Å². The van der Waals surface area contributed by atoms with E-state index in [1.807, 2.05) is 6.07 Å². The molecular formula is C16H19N3O4S. The summed E-state index contributed by atoms with van der Waals surface area (Å²) in [5, 5.41) is 9.12. The van der Waals surface area contributed by atoms with Gasteiger partial charge in [-0.15, -0.1) is 0 Å². The third kappa shape index (κ3) is 3.15. The van der Waals surface area contributed by atoms with E-state index in [1.165, 1.54) is 16.4 Å². The Morgan fingerprint density at radius 2 is 1.92 bits per heavy atom. The highest BCUT2D eigenvalue weighted by Crippen LogP contribution is 2.22. The largest absolute Gasteiger partial charge is 0.368 e. The summed E-state index contributed by atoms with van der Waals surface area (Å²) in [6.45, 7) is 1.73. The molecule has 0 aliphatic carbocycles. The van der Waals surface area contributed by atoms with Crippen molar-refractivity contribution in [2.24, 2.45) is 0 Å². The first-order valence-corrected chi connectivity index (χ1v) is 9.37. The first-order chi connectivity index (χ1) is 11.5. The molecule has 2 saturated heterocycles.